The molecule has 1 unspecified atom stereocenters. The summed E-state index contributed by atoms with van der Waals surface area (Å²) in [5.41, 5.74) is 2.76. The Hall–Kier alpha value is -3.03. The Kier molecular flexibility index (Phi) is 6.84. The van der Waals surface area contributed by atoms with Gasteiger partial charge in [0.15, 0.2) is 0 Å². The number of amides is 1. The van der Waals surface area contributed by atoms with Crippen LogP contribution in [0.4, 0.5) is 5.69 Å². The first kappa shape index (κ1) is 25.1. The fourth-order valence-electron chi connectivity index (χ4n) is 4.29. The first-order chi connectivity index (χ1) is 16.4. The molecule has 0 saturated carbocycles. The third-order valence-electron chi connectivity index (χ3n) is 5.94. The van der Waals surface area contributed by atoms with Gasteiger partial charge in [-0.25, -0.2) is 8.42 Å². The van der Waals surface area contributed by atoms with Gasteiger partial charge < -0.3 is 10.1 Å². The van der Waals surface area contributed by atoms with Gasteiger partial charge in [-0.05, 0) is 81.3 Å². The van der Waals surface area contributed by atoms with Gasteiger partial charge in [-0.15, -0.1) is 0 Å². The van der Waals surface area contributed by atoms with E-state index in [1.165, 1.54) is 24.3 Å². The highest BCUT2D eigenvalue weighted by atomic mass is 35.5. The number of hydrogen-bond acceptors (Lipinski definition) is 4. The number of nitrogens with zero attached hydrogens (tertiary/aromatic N) is 1. The van der Waals surface area contributed by atoms with Gasteiger partial charge in [-0.2, -0.15) is 0 Å². The Balaban J connectivity index is 1.65. The topological polar surface area (TPSA) is 75.7 Å². The van der Waals surface area contributed by atoms with E-state index < -0.39 is 21.5 Å². The van der Waals surface area contributed by atoms with Gasteiger partial charge in [-0.1, -0.05) is 35.9 Å². The minimum Gasteiger partial charge on any atom is -0.487 e. The molecule has 3 aromatic carbocycles. The van der Waals surface area contributed by atoms with E-state index in [0.717, 1.165) is 26.7 Å². The van der Waals surface area contributed by atoms with Gasteiger partial charge in [0, 0.05) is 17.0 Å². The van der Waals surface area contributed by atoms with Crippen LogP contribution in [-0.4, -0.2) is 26.5 Å². The van der Waals surface area contributed by atoms with Crippen molar-refractivity contribution in [2.75, 3.05) is 10.8 Å². The van der Waals surface area contributed by atoms with Crippen LogP contribution in [0.15, 0.2) is 71.6 Å². The smallest absolute Gasteiger partial charge is 0.264 e. The lowest BCUT2D eigenvalue weighted by atomic mass is 9.89. The van der Waals surface area contributed by atoms with Crippen molar-refractivity contribution >= 4 is 33.2 Å². The van der Waals surface area contributed by atoms with Gasteiger partial charge in [0.2, 0.25) is 5.91 Å². The lowest BCUT2D eigenvalue weighted by Gasteiger charge is -2.38. The number of fused-ring (bicyclic) bond motifs is 1. The predicted octanol–water partition coefficient (Wildman–Crippen LogP) is 5.57. The standard InChI is InChI=1S/C27H29ClN2O4S/c1-18-6-5-7-21(14-18)30(35(32,33)22-11-9-20(28)10-12-22)17-26(31)29-24-16-27(3,4)34-25-15-19(2)8-13-23(24)25/h5-15,24H,16-17H2,1-4H3,(H,29,31). The van der Waals surface area contributed by atoms with E-state index in [4.69, 9.17) is 16.3 Å². The van der Waals surface area contributed by atoms with Crippen molar-refractivity contribution in [3.05, 3.63) is 88.4 Å². The maximum absolute atomic E-state index is 13.6. The van der Waals surface area contributed by atoms with Crippen molar-refractivity contribution < 1.29 is 17.9 Å². The van der Waals surface area contributed by atoms with Crippen LogP contribution in [0.1, 0.15) is 43.0 Å². The number of aryl methyl sites for hydroxylation is 2. The zero-order valence-electron chi connectivity index (χ0n) is 20.2. The third kappa shape index (κ3) is 5.63. The number of benzene rings is 3. The second-order valence-corrected chi connectivity index (χ2v) is 11.8. The molecule has 0 aromatic heterocycles. The highest BCUT2D eigenvalue weighted by Gasteiger charge is 2.35. The molecular weight excluding hydrogens is 484 g/mol. The van der Waals surface area contributed by atoms with Crippen LogP contribution in [0.5, 0.6) is 5.75 Å². The average molecular weight is 513 g/mol. The minimum absolute atomic E-state index is 0.0595. The molecule has 1 atom stereocenters. The van der Waals surface area contributed by atoms with Gasteiger partial charge in [0.05, 0.1) is 16.6 Å². The van der Waals surface area contributed by atoms with Crippen molar-refractivity contribution in [2.24, 2.45) is 0 Å². The van der Waals surface area contributed by atoms with Crippen LogP contribution in [0, 0.1) is 13.8 Å². The first-order valence-electron chi connectivity index (χ1n) is 11.4. The molecule has 4 rings (SSSR count). The minimum atomic E-state index is -4.02. The number of carbonyl (C=O) groups is 1. The molecule has 0 radical (unpaired) electrons. The zero-order chi connectivity index (χ0) is 25.4. The number of hydrogen-bond donors (Lipinski definition) is 1. The molecular formula is C27H29ClN2O4S. The van der Waals surface area contributed by atoms with Crippen LogP contribution in [-0.2, 0) is 14.8 Å². The number of rotatable bonds is 6. The summed E-state index contributed by atoms with van der Waals surface area (Å²) in [6.45, 7) is 7.44. The maximum Gasteiger partial charge on any atom is 0.264 e. The number of ether oxygens (including phenoxy) is 1. The molecule has 1 heterocycles. The van der Waals surface area contributed by atoms with Gasteiger partial charge in [-0.3, -0.25) is 9.10 Å². The summed E-state index contributed by atoms with van der Waals surface area (Å²) >= 11 is 5.96. The highest BCUT2D eigenvalue weighted by molar-refractivity contribution is 7.92. The number of sulfonamides is 1. The molecule has 35 heavy (non-hydrogen) atoms. The molecule has 1 amide bonds. The van der Waals surface area contributed by atoms with Crippen LogP contribution in [0.2, 0.25) is 5.02 Å². The summed E-state index contributed by atoms with van der Waals surface area (Å²) < 4.78 is 34.5. The number of anilines is 1. The van der Waals surface area contributed by atoms with Crippen molar-refractivity contribution in [1.29, 1.82) is 0 Å². The van der Waals surface area contributed by atoms with Crippen molar-refractivity contribution in [2.45, 2.75) is 50.7 Å². The predicted molar refractivity (Wildman–Crippen MR) is 139 cm³/mol. The molecule has 0 spiro atoms. The van der Waals surface area contributed by atoms with E-state index in [2.05, 4.69) is 5.32 Å². The summed E-state index contributed by atoms with van der Waals surface area (Å²) in [4.78, 5) is 13.4. The molecule has 8 heteroatoms. The molecule has 184 valence electrons. The van der Waals surface area contributed by atoms with Gasteiger partial charge in [0.1, 0.15) is 17.9 Å². The molecule has 0 saturated heterocycles. The largest absolute Gasteiger partial charge is 0.487 e. The fraction of sp³-hybridized carbons (Fsp3) is 0.296. The molecule has 0 aliphatic carbocycles. The lowest BCUT2D eigenvalue weighted by Crippen LogP contribution is -2.45. The Labute approximate surface area is 211 Å². The number of halogens is 1. The molecule has 6 nitrogen and oxygen atoms in total. The molecule has 1 aliphatic rings. The Morgan fingerprint density at radius 3 is 2.43 bits per heavy atom. The monoisotopic (exact) mass is 512 g/mol. The summed E-state index contributed by atoms with van der Waals surface area (Å²) in [6, 6.07) is 18.6. The van der Waals surface area contributed by atoms with Crippen molar-refractivity contribution in [3.8, 4) is 5.75 Å². The van der Waals surface area contributed by atoms with Crippen LogP contribution >= 0.6 is 11.6 Å². The van der Waals surface area contributed by atoms with Crippen LogP contribution < -0.4 is 14.4 Å². The molecule has 0 fully saturated rings. The fourth-order valence-corrected chi connectivity index (χ4v) is 5.83. The van der Waals surface area contributed by atoms with E-state index in [-0.39, 0.29) is 17.5 Å². The van der Waals surface area contributed by atoms with Crippen molar-refractivity contribution in [3.63, 3.8) is 0 Å². The van der Waals surface area contributed by atoms with Crippen LogP contribution in [0.25, 0.3) is 0 Å². The summed E-state index contributed by atoms with van der Waals surface area (Å²) in [5.74, 6) is 0.328. The third-order valence-corrected chi connectivity index (χ3v) is 7.98. The quantitative estimate of drug-likeness (QED) is 0.468. The van der Waals surface area contributed by atoms with E-state index in [0.29, 0.717) is 17.1 Å². The van der Waals surface area contributed by atoms with Gasteiger partial charge in [0.25, 0.3) is 10.0 Å². The first-order valence-corrected chi connectivity index (χ1v) is 13.2. The molecule has 3 aromatic rings. The van der Waals surface area contributed by atoms with Gasteiger partial charge >= 0.3 is 0 Å². The van der Waals surface area contributed by atoms with E-state index >= 15 is 0 Å². The Morgan fingerprint density at radius 2 is 1.74 bits per heavy atom. The van der Waals surface area contributed by atoms with Crippen molar-refractivity contribution in [1.82, 2.24) is 5.32 Å². The Morgan fingerprint density at radius 1 is 1.06 bits per heavy atom. The average Bonchev–Trinajstić information content (AvgIpc) is 2.76. The lowest BCUT2D eigenvalue weighted by molar-refractivity contribution is -0.120. The molecule has 1 N–H and O–H groups in total. The van der Waals surface area contributed by atoms with E-state index in [9.17, 15) is 13.2 Å². The summed E-state index contributed by atoms with van der Waals surface area (Å²) in [7, 11) is -4.02. The second kappa shape index (κ2) is 9.55. The van der Waals surface area contributed by atoms with Crippen LogP contribution in [0.3, 0.4) is 0 Å². The maximum atomic E-state index is 13.6. The van der Waals surface area contributed by atoms with E-state index in [1.807, 2.05) is 52.0 Å². The summed E-state index contributed by atoms with van der Waals surface area (Å²) in [5, 5.41) is 3.48. The number of nitrogens with one attached hydrogen (secondary N) is 1. The molecule has 1 aliphatic heterocycles. The SMILES string of the molecule is Cc1cccc(N(CC(=O)NC2CC(C)(C)Oc3cc(C)ccc32)S(=O)(=O)c2ccc(Cl)cc2)c1. The second-order valence-electron chi connectivity index (χ2n) is 9.53. The zero-order valence-corrected chi connectivity index (χ0v) is 21.8. The highest BCUT2D eigenvalue weighted by Crippen LogP contribution is 2.40. The normalized spacial score (nSPS) is 16.7. The number of carbonyl (C=O) groups excluding carboxylic acids is 1. The Bertz CT molecular complexity index is 1350. The molecule has 0 bridgehead atoms. The van der Waals surface area contributed by atoms with E-state index in [1.54, 1.807) is 18.2 Å². The summed E-state index contributed by atoms with van der Waals surface area (Å²) in [6.07, 6.45) is 0.559.